The summed E-state index contributed by atoms with van der Waals surface area (Å²) < 4.78 is 6.04. The smallest absolute Gasteiger partial charge is 0.119 e. The second-order valence-electron chi connectivity index (χ2n) is 8.68. The first-order valence-electron chi connectivity index (χ1n) is 8.14. The lowest BCUT2D eigenvalue weighted by molar-refractivity contribution is 0.0734. The summed E-state index contributed by atoms with van der Waals surface area (Å²) in [5.74, 6) is 1.01. The standard InChI is InChI=1S/C19H31NO/c1-18(2,3)13-14-7-9-16(10-8-14)21-17-11-15(12-17)20-19(4,5)6/h7-10,15,17,20H,11-13H2,1-6H3/t15-,17+. The Labute approximate surface area is 130 Å². The van der Waals surface area contributed by atoms with Crippen molar-refractivity contribution in [3.05, 3.63) is 29.8 Å². The van der Waals surface area contributed by atoms with E-state index in [2.05, 4.69) is 71.1 Å². The van der Waals surface area contributed by atoms with E-state index in [4.69, 9.17) is 4.74 Å². The summed E-state index contributed by atoms with van der Waals surface area (Å²) in [6.07, 6.45) is 3.70. The lowest BCUT2D eigenvalue weighted by atomic mass is 9.87. The van der Waals surface area contributed by atoms with Crippen LogP contribution in [0.15, 0.2) is 24.3 Å². The van der Waals surface area contributed by atoms with Gasteiger partial charge in [-0.25, -0.2) is 0 Å². The third-order valence-corrected chi connectivity index (χ3v) is 3.69. The Balaban J connectivity index is 1.78. The quantitative estimate of drug-likeness (QED) is 0.876. The van der Waals surface area contributed by atoms with Gasteiger partial charge in [-0.05, 0) is 63.1 Å². The zero-order valence-corrected chi connectivity index (χ0v) is 14.5. The fraction of sp³-hybridized carbons (Fsp3) is 0.684. The van der Waals surface area contributed by atoms with Crippen LogP contribution in [0, 0.1) is 5.41 Å². The molecule has 1 aromatic carbocycles. The molecule has 1 aromatic rings. The Bertz CT molecular complexity index is 444. The molecule has 2 nitrogen and oxygen atoms in total. The number of hydrogen-bond acceptors (Lipinski definition) is 2. The van der Waals surface area contributed by atoms with E-state index in [0.717, 1.165) is 25.0 Å². The van der Waals surface area contributed by atoms with E-state index in [9.17, 15) is 0 Å². The molecule has 0 spiro atoms. The summed E-state index contributed by atoms with van der Waals surface area (Å²) >= 11 is 0. The maximum absolute atomic E-state index is 6.04. The van der Waals surface area contributed by atoms with Crippen molar-refractivity contribution in [3.63, 3.8) is 0 Å². The SMILES string of the molecule is CC(C)(C)Cc1ccc(O[C@H]2C[C@@H](NC(C)(C)C)C2)cc1. The van der Waals surface area contributed by atoms with Crippen molar-refractivity contribution >= 4 is 0 Å². The van der Waals surface area contributed by atoms with Gasteiger partial charge in [0.25, 0.3) is 0 Å². The third-order valence-electron chi connectivity index (χ3n) is 3.69. The number of benzene rings is 1. The predicted octanol–water partition coefficient (Wildman–Crippen LogP) is 4.57. The van der Waals surface area contributed by atoms with Crippen molar-refractivity contribution < 1.29 is 4.74 Å². The van der Waals surface area contributed by atoms with Crippen molar-refractivity contribution in [2.24, 2.45) is 5.41 Å². The summed E-state index contributed by atoms with van der Waals surface area (Å²) in [6.45, 7) is 13.5. The normalized spacial score (nSPS) is 22.8. The lowest BCUT2D eigenvalue weighted by Crippen LogP contribution is -2.53. The van der Waals surface area contributed by atoms with E-state index < -0.39 is 0 Å². The molecule has 21 heavy (non-hydrogen) atoms. The van der Waals surface area contributed by atoms with Crippen molar-refractivity contribution in [1.29, 1.82) is 0 Å². The van der Waals surface area contributed by atoms with Crippen molar-refractivity contribution in [2.75, 3.05) is 0 Å². The molecule has 1 saturated carbocycles. The van der Waals surface area contributed by atoms with Crippen LogP contribution in [-0.4, -0.2) is 17.7 Å². The van der Waals surface area contributed by atoms with E-state index in [-0.39, 0.29) is 5.54 Å². The lowest BCUT2D eigenvalue weighted by Gasteiger charge is -2.40. The third kappa shape index (κ3) is 5.70. The molecule has 0 radical (unpaired) electrons. The highest BCUT2D eigenvalue weighted by atomic mass is 16.5. The van der Waals surface area contributed by atoms with Gasteiger partial charge in [-0.3, -0.25) is 0 Å². The Morgan fingerprint density at radius 2 is 1.57 bits per heavy atom. The van der Waals surface area contributed by atoms with Gasteiger partial charge in [-0.15, -0.1) is 0 Å². The summed E-state index contributed by atoms with van der Waals surface area (Å²) in [6, 6.07) is 9.24. The minimum absolute atomic E-state index is 0.199. The summed E-state index contributed by atoms with van der Waals surface area (Å²) in [5, 5.41) is 3.63. The van der Waals surface area contributed by atoms with Gasteiger partial charge in [0, 0.05) is 11.6 Å². The number of nitrogens with one attached hydrogen (secondary N) is 1. The van der Waals surface area contributed by atoms with Crippen LogP contribution in [0.1, 0.15) is 59.9 Å². The second-order valence-corrected chi connectivity index (χ2v) is 8.68. The number of ether oxygens (including phenoxy) is 1. The molecule has 0 bridgehead atoms. The molecule has 1 fully saturated rings. The Morgan fingerprint density at radius 3 is 2.05 bits per heavy atom. The topological polar surface area (TPSA) is 21.3 Å². The Hall–Kier alpha value is -1.02. The van der Waals surface area contributed by atoms with Crippen LogP contribution in [0.25, 0.3) is 0 Å². The summed E-state index contributed by atoms with van der Waals surface area (Å²) in [4.78, 5) is 0. The fourth-order valence-corrected chi connectivity index (χ4v) is 2.88. The molecule has 0 saturated heterocycles. The molecule has 1 N–H and O–H groups in total. The molecule has 0 amide bonds. The second kappa shape index (κ2) is 6.00. The zero-order valence-electron chi connectivity index (χ0n) is 14.5. The first-order chi connectivity index (χ1) is 9.61. The fourth-order valence-electron chi connectivity index (χ4n) is 2.88. The molecule has 0 atom stereocenters. The molecule has 0 heterocycles. The maximum Gasteiger partial charge on any atom is 0.119 e. The predicted molar refractivity (Wildman–Crippen MR) is 89.9 cm³/mol. The van der Waals surface area contributed by atoms with Crippen LogP contribution < -0.4 is 10.1 Å². The van der Waals surface area contributed by atoms with Crippen LogP contribution in [0.4, 0.5) is 0 Å². The minimum Gasteiger partial charge on any atom is -0.490 e. The summed E-state index contributed by atoms with van der Waals surface area (Å²) in [5.41, 5.74) is 1.92. The van der Waals surface area contributed by atoms with Gasteiger partial charge in [-0.2, -0.15) is 0 Å². The van der Waals surface area contributed by atoms with Gasteiger partial charge in [0.2, 0.25) is 0 Å². The van der Waals surface area contributed by atoms with Crippen LogP contribution in [0.3, 0.4) is 0 Å². The molecule has 2 heteroatoms. The molecular weight excluding hydrogens is 258 g/mol. The van der Waals surface area contributed by atoms with Crippen LogP contribution in [-0.2, 0) is 6.42 Å². The largest absolute Gasteiger partial charge is 0.490 e. The monoisotopic (exact) mass is 289 g/mol. The molecule has 0 aliphatic heterocycles. The van der Waals surface area contributed by atoms with Crippen molar-refractivity contribution in [3.8, 4) is 5.75 Å². The average Bonchev–Trinajstić information content (AvgIpc) is 2.25. The van der Waals surface area contributed by atoms with E-state index in [1.54, 1.807) is 0 Å². The van der Waals surface area contributed by atoms with E-state index in [1.807, 2.05) is 0 Å². The zero-order chi connectivity index (χ0) is 15.7. The molecule has 1 aliphatic rings. The van der Waals surface area contributed by atoms with E-state index in [1.165, 1.54) is 5.56 Å². The maximum atomic E-state index is 6.04. The highest BCUT2D eigenvalue weighted by molar-refractivity contribution is 5.28. The van der Waals surface area contributed by atoms with E-state index >= 15 is 0 Å². The molecular formula is C19H31NO. The number of hydrogen-bond donors (Lipinski definition) is 1. The van der Waals surface area contributed by atoms with Gasteiger partial charge in [-0.1, -0.05) is 32.9 Å². The van der Waals surface area contributed by atoms with E-state index in [0.29, 0.717) is 17.6 Å². The van der Waals surface area contributed by atoms with Crippen molar-refractivity contribution in [1.82, 2.24) is 5.32 Å². The highest BCUT2D eigenvalue weighted by Crippen LogP contribution is 2.28. The molecule has 0 aromatic heterocycles. The molecule has 0 unspecified atom stereocenters. The Kier molecular flexibility index (Phi) is 4.67. The van der Waals surface area contributed by atoms with Gasteiger partial charge in [0.15, 0.2) is 0 Å². The first-order valence-corrected chi connectivity index (χ1v) is 8.14. The van der Waals surface area contributed by atoms with Crippen LogP contribution in [0.2, 0.25) is 0 Å². The van der Waals surface area contributed by atoms with Crippen LogP contribution >= 0.6 is 0 Å². The molecule has 2 rings (SSSR count). The number of rotatable bonds is 4. The first kappa shape index (κ1) is 16.4. The van der Waals surface area contributed by atoms with Gasteiger partial charge in [0.05, 0.1) is 0 Å². The minimum atomic E-state index is 0.199. The molecule has 118 valence electrons. The Morgan fingerprint density at radius 1 is 1.00 bits per heavy atom. The average molecular weight is 289 g/mol. The van der Waals surface area contributed by atoms with Gasteiger partial charge >= 0.3 is 0 Å². The van der Waals surface area contributed by atoms with Gasteiger partial charge in [0.1, 0.15) is 11.9 Å². The van der Waals surface area contributed by atoms with Crippen LogP contribution in [0.5, 0.6) is 5.75 Å². The van der Waals surface area contributed by atoms with Crippen molar-refractivity contribution in [2.45, 2.75) is 78.5 Å². The van der Waals surface area contributed by atoms with Gasteiger partial charge < -0.3 is 10.1 Å². The molecule has 1 aliphatic carbocycles. The summed E-state index contributed by atoms with van der Waals surface area (Å²) in [7, 11) is 0. The highest BCUT2D eigenvalue weighted by Gasteiger charge is 2.33.